The molecule has 2 aromatic carbocycles. The average molecular weight is 426 g/mol. The molecule has 1 unspecified atom stereocenters. The number of amides is 2. The highest BCUT2D eigenvalue weighted by atomic mass is 19.1. The minimum Gasteiger partial charge on any atom is -0.493 e. The van der Waals surface area contributed by atoms with E-state index in [1.54, 1.807) is 36.4 Å². The summed E-state index contributed by atoms with van der Waals surface area (Å²) >= 11 is 0. The fraction of sp³-hybridized carbons (Fsp3) is 0.333. The van der Waals surface area contributed by atoms with Gasteiger partial charge in [0.05, 0.1) is 13.2 Å². The van der Waals surface area contributed by atoms with Gasteiger partial charge >= 0.3 is 0 Å². The predicted octanol–water partition coefficient (Wildman–Crippen LogP) is 3.76. The van der Waals surface area contributed by atoms with Crippen molar-refractivity contribution in [2.45, 2.75) is 31.7 Å². The fourth-order valence-electron chi connectivity index (χ4n) is 3.86. The SMILES string of the molecule is COc1cc(C=CC(=O)NC(c2ccc(F)cc2)C2CCCC2)ccc1OCC(N)=O. The van der Waals surface area contributed by atoms with Crippen molar-refractivity contribution in [2.75, 3.05) is 13.7 Å². The van der Waals surface area contributed by atoms with Gasteiger partial charge in [-0.2, -0.15) is 0 Å². The summed E-state index contributed by atoms with van der Waals surface area (Å²) in [6, 6.07) is 11.3. The smallest absolute Gasteiger partial charge is 0.255 e. The van der Waals surface area contributed by atoms with Crippen LogP contribution in [0.2, 0.25) is 0 Å². The van der Waals surface area contributed by atoms with Gasteiger partial charge in [-0.25, -0.2) is 4.39 Å². The molecule has 0 saturated heterocycles. The summed E-state index contributed by atoms with van der Waals surface area (Å²) in [5.41, 5.74) is 6.74. The molecule has 3 N–H and O–H groups in total. The van der Waals surface area contributed by atoms with Gasteiger partial charge in [-0.15, -0.1) is 0 Å². The van der Waals surface area contributed by atoms with E-state index in [9.17, 15) is 14.0 Å². The molecule has 1 fully saturated rings. The third-order valence-corrected chi connectivity index (χ3v) is 5.38. The number of hydrogen-bond donors (Lipinski definition) is 2. The standard InChI is InChI=1S/C24H27FN2O4/c1-30-21-14-16(6-12-20(21)31-15-22(26)28)7-13-23(29)27-24(17-4-2-3-5-17)18-8-10-19(25)11-9-18/h6-14,17,24H,2-5,15H2,1H3,(H2,26,28)(H,27,29). The van der Waals surface area contributed by atoms with E-state index in [4.69, 9.17) is 15.2 Å². The topological polar surface area (TPSA) is 90.7 Å². The first-order chi connectivity index (χ1) is 15.0. The predicted molar refractivity (Wildman–Crippen MR) is 116 cm³/mol. The number of nitrogens with one attached hydrogen (secondary N) is 1. The van der Waals surface area contributed by atoms with Gasteiger partial charge in [0.2, 0.25) is 5.91 Å². The first kappa shape index (κ1) is 22.3. The quantitative estimate of drug-likeness (QED) is 0.598. The first-order valence-corrected chi connectivity index (χ1v) is 10.3. The van der Waals surface area contributed by atoms with Crippen LogP contribution in [0.3, 0.4) is 0 Å². The van der Waals surface area contributed by atoms with E-state index >= 15 is 0 Å². The Balaban J connectivity index is 1.70. The van der Waals surface area contributed by atoms with E-state index in [0.29, 0.717) is 17.4 Å². The molecule has 2 amide bonds. The Kier molecular flexibility index (Phi) is 7.65. The lowest BCUT2D eigenvalue weighted by Gasteiger charge is -2.24. The highest BCUT2D eigenvalue weighted by molar-refractivity contribution is 5.92. The minimum absolute atomic E-state index is 0.153. The van der Waals surface area contributed by atoms with Crippen molar-refractivity contribution in [1.82, 2.24) is 5.32 Å². The summed E-state index contributed by atoms with van der Waals surface area (Å²) in [6.45, 7) is -0.250. The maximum Gasteiger partial charge on any atom is 0.255 e. The Morgan fingerprint density at radius 2 is 1.87 bits per heavy atom. The van der Waals surface area contributed by atoms with E-state index in [1.807, 2.05) is 0 Å². The van der Waals surface area contributed by atoms with Crippen molar-refractivity contribution >= 4 is 17.9 Å². The molecule has 6 nitrogen and oxygen atoms in total. The average Bonchev–Trinajstić information content (AvgIpc) is 3.30. The van der Waals surface area contributed by atoms with Crippen LogP contribution in [-0.2, 0) is 9.59 Å². The molecule has 1 aliphatic rings. The van der Waals surface area contributed by atoms with Crippen LogP contribution in [0.15, 0.2) is 48.5 Å². The number of carbonyl (C=O) groups is 2. The fourth-order valence-corrected chi connectivity index (χ4v) is 3.86. The number of ether oxygens (including phenoxy) is 2. The first-order valence-electron chi connectivity index (χ1n) is 10.3. The summed E-state index contributed by atoms with van der Waals surface area (Å²) in [5.74, 6) is 0.0521. The molecule has 0 spiro atoms. The van der Waals surface area contributed by atoms with E-state index < -0.39 is 5.91 Å². The number of rotatable bonds is 9. The zero-order valence-corrected chi connectivity index (χ0v) is 17.5. The second-order valence-corrected chi connectivity index (χ2v) is 7.58. The molecule has 164 valence electrons. The van der Waals surface area contributed by atoms with Crippen LogP contribution in [-0.4, -0.2) is 25.5 Å². The molecule has 2 aromatic rings. The van der Waals surface area contributed by atoms with E-state index in [1.165, 1.54) is 25.3 Å². The zero-order chi connectivity index (χ0) is 22.2. The Morgan fingerprint density at radius 1 is 1.16 bits per heavy atom. The lowest BCUT2D eigenvalue weighted by molar-refractivity contribution is -0.120. The van der Waals surface area contributed by atoms with E-state index in [2.05, 4.69) is 5.32 Å². The summed E-state index contributed by atoms with van der Waals surface area (Å²) in [7, 11) is 1.49. The summed E-state index contributed by atoms with van der Waals surface area (Å²) in [5, 5.41) is 3.08. The monoisotopic (exact) mass is 426 g/mol. The third-order valence-electron chi connectivity index (χ3n) is 5.38. The molecule has 31 heavy (non-hydrogen) atoms. The van der Waals surface area contributed by atoms with Gasteiger partial charge in [-0.05, 0) is 60.2 Å². The molecule has 3 rings (SSSR count). The van der Waals surface area contributed by atoms with Crippen molar-refractivity contribution < 1.29 is 23.5 Å². The molecule has 0 radical (unpaired) electrons. The molecule has 0 aliphatic heterocycles. The number of nitrogens with two attached hydrogens (primary N) is 1. The Hall–Kier alpha value is -3.35. The lowest BCUT2D eigenvalue weighted by Crippen LogP contribution is -2.31. The van der Waals surface area contributed by atoms with Crippen molar-refractivity contribution in [3.63, 3.8) is 0 Å². The molecular weight excluding hydrogens is 399 g/mol. The molecular formula is C24H27FN2O4. The minimum atomic E-state index is -0.583. The lowest BCUT2D eigenvalue weighted by atomic mass is 9.91. The number of benzene rings is 2. The Labute approximate surface area is 181 Å². The van der Waals surface area contributed by atoms with Crippen LogP contribution < -0.4 is 20.5 Å². The second-order valence-electron chi connectivity index (χ2n) is 7.58. The van der Waals surface area contributed by atoms with Crippen molar-refractivity contribution in [3.05, 3.63) is 65.5 Å². The van der Waals surface area contributed by atoms with E-state index in [0.717, 1.165) is 36.8 Å². The van der Waals surface area contributed by atoms with Crippen molar-refractivity contribution in [2.24, 2.45) is 11.7 Å². The zero-order valence-electron chi connectivity index (χ0n) is 17.5. The molecule has 7 heteroatoms. The summed E-state index contributed by atoms with van der Waals surface area (Å²) in [6.07, 6.45) is 7.48. The summed E-state index contributed by atoms with van der Waals surface area (Å²) in [4.78, 5) is 23.5. The summed E-state index contributed by atoms with van der Waals surface area (Å²) < 4.78 is 23.9. The Bertz CT molecular complexity index is 937. The van der Waals surface area contributed by atoms with Crippen molar-refractivity contribution in [1.29, 1.82) is 0 Å². The maximum atomic E-state index is 13.3. The van der Waals surface area contributed by atoms with Crippen molar-refractivity contribution in [3.8, 4) is 11.5 Å². The molecule has 0 bridgehead atoms. The van der Waals surface area contributed by atoms with E-state index in [-0.39, 0.29) is 24.4 Å². The number of carbonyl (C=O) groups excluding carboxylic acids is 2. The van der Waals surface area contributed by atoms with Crippen LogP contribution in [0.4, 0.5) is 4.39 Å². The number of methoxy groups -OCH3 is 1. The van der Waals surface area contributed by atoms with Gasteiger partial charge in [0, 0.05) is 6.08 Å². The number of hydrogen-bond acceptors (Lipinski definition) is 4. The molecule has 1 saturated carbocycles. The van der Waals surface area contributed by atoms with Gasteiger partial charge < -0.3 is 20.5 Å². The van der Waals surface area contributed by atoms with Crippen LogP contribution in [0.5, 0.6) is 11.5 Å². The molecule has 1 atom stereocenters. The van der Waals surface area contributed by atoms with Crippen LogP contribution >= 0.6 is 0 Å². The van der Waals surface area contributed by atoms with Gasteiger partial charge in [0.25, 0.3) is 5.91 Å². The van der Waals surface area contributed by atoms with Gasteiger partial charge in [0.1, 0.15) is 5.82 Å². The molecule has 0 heterocycles. The van der Waals surface area contributed by atoms with Crippen LogP contribution in [0.1, 0.15) is 42.9 Å². The largest absolute Gasteiger partial charge is 0.493 e. The second kappa shape index (κ2) is 10.6. The molecule has 0 aromatic heterocycles. The highest BCUT2D eigenvalue weighted by Gasteiger charge is 2.27. The van der Waals surface area contributed by atoms with Gasteiger partial charge in [-0.3, -0.25) is 9.59 Å². The molecule has 1 aliphatic carbocycles. The van der Waals surface area contributed by atoms with Gasteiger partial charge in [0.15, 0.2) is 18.1 Å². The van der Waals surface area contributed by atoms with Gasteiger partial charge in [-0.1, -0.05) is 31.0 Å². The number of primary amides is 1. The Morgan fingerprint density at radius 3 is 2.52 bits per heavy atom. The number of halogens is 1. The maximum absolute atomic E-state index is 13.3. The normalized spacial score (nSPS) is 15.0. The third kappa shape index (κ3) is 6.31. The van der Waals surface area contributed by atoms with Crippen LogP contribution in [0.25, 0.3) is 6.08 Å². The van der Waals surface area contributed by atoms with Crippen LogP contribution in [0, 0.1) is 11.7 Å². The highest BCUT2D eigenvalue weighted by Crippen LogP contribution is 2.36.